The third kappa shape index (κ3) is 2.47. The fraction of sp³-hybridized carbons (Fsp3) is 0.273. The van der Waals surface area contributed by atoms with E-state index in [4.69, 9.17) is 5.73 Å². The number of hydrogen-bond donors (Lipinski definition) is 1. The third-order valence-corrected chi connectivity index (χ3v) is 5.63. The van der Waals surface area contributed by atoms with Crippen LogP contribution < -0.4 is 5.73 Å². The zero-order valence-corrected chi connectivity index (χ0v) is 15.2. The van der Waals surface area contributed by atoms with Gasteiger partial charge in [0.05, 0.1) is 0 Å². The summed E-state index contributed by atoms with van der Waals surface area (Å²) in [6.07, 6.45) is 3.22. The molecule has 2 N–H and O–H groups in total. The summed E-state index contributed by atoms with van der Waals surface area (Å²) >= 11 is 0. The summed E-state index contributed by atoms with van der Waals surface area (Å²) in [7, 11) is 4.26. The third-order valence-electron chi connectivity index (χ3n) is 5.63. The lowest BCUT2D eigenvalue weighted by molar-refractivity contribution is 0.692. The maximum atomic E-state index is 6.24. The van der Waals surface area contributed by atoms with Crippen LogP contribution in [0.1, 0.15) is 22.7 Å². The van der Waals surface area contributed by atoms with Gasteiger partial charge in [-0.05, 0) is 43.1 Å². The molecule has 4 aromatic rings. The second kappa shape index (κ2) is 6.08. The van der Waals surface area contributed by atoms with Crippen LogP contribution in [0.3, 0.4) is 0 Å². The Labute approximate surface area is 148 Å². The number of nitrogens with two attached hydrogens (primary N) is 1. The van der Waals surface area contributed by atoms with E-state index >= 15 is 0 Å². The molecule has 0 bridgehead atoms. The lowest BCUT2D eigenvalue weighted by atomic mass is 9.90. The van der Waals surface area contributed by atoms with Crippen molar-refractivity contribution in [1.29, 1.82) is 0 Å². The molecule has 2 heterocycles. The molecule has 0 saturated carbocycles. The number of aryl methyl sites for hydroxylation is 2. The monoisotopic (exact) mass is 331 g/mol. The van der Waals surface area contributed by atoms with Gasteiger partial charge in [-0.15, -0.1) is 0 Å². The number of fused-ring (bicyclic) bond motifs is 2. The lowest BCUT2D eigenvalue weighted by Gasteiger charge is -2.15. The van der Waals surface area contributed by atoms with E-state index in [1.54, 1.807) is 0 Å². The van der Waals surface area contributed by atoms with Crippen LogP contribution in [0.15, 0.2) is 54.7 Å². The molecule has 0 saturated heterocycles. The molecule has 0 fully saturated rings. The summed E-state index contributed by atoms with van der Waals surface area (Å²) in [5.41, 5.74) is 12.9. The standard InChI is InChI=1S/C22H25N3/c1-15-19(17-8-5-7-11-22(17)25(15)3)12-16(13-23)20-14-24(2)21-10-6-4-9-18(20)21/h4-11,14,16H,12-13,23H2,1-3H3. The zero-order valence-electron chi connectivity index (χ0n) is 15.2. The Balaban J connectivity index is 1.82. The van der Waals surface area contributed by atoms with Gasteiger partial charge in [-0.25, -0.2) is 0 Å². The molecule has 0 radical (unpaired) electrons. The topological polar surface area (TPSA) is 35.9 Å². The number of benzene rings is 2. The number of para-hydroxylation sites is 2. The van der Waals surface area contributed by atoms with E-state index in [9.17, 15) is 0 Å². The van der Waals surface area contributed by atoms with Gasteiger partial charge in [0.1, 0.15) is 0 Å². The maximum Gasteiger partial charge on any atom is 0.0482 e. The van der Waals surface area contributed by atoms with Crippen LogP contribution >= 0.6 is 0 Å². The lowest BCUT2D eigenvalue weighted by Crippen LogP contribution is -2.15. The molecule has 0 spiro atoms. The summed E-state index contributed by atoms with van der Waals surface area (Å²) in [5.74, 6) is 0.315. The van der Waals surface area contributed by atoms with Crippen LogP contribution in [-0.4, -0.2) is 15.7 Å². The molecule has 0 aliphatic rings. The highest BCUT2D eigenvalue weighted by Crippen LogP contribution is 2.33. The van der Waals surface area contributed by atoms with Gasteiger partial charge in [-0.2, -0.15) is 0 Å². The Morgan fingerprint density at radius 1 is 0.920 bits per heavy atom. The molecule has 128 valence electrons. The van der Waals surface area contributed by atoms with Gasteiger partial charge >= 0.3 is 0 Å². The van der Waals surface area contributed by atoms with Gasteiger partial charge in [0, 0.05) is 53.7 Å². The fourth-order valence-electron chi connectivity index (χ4n) is 4.12. The Morgan fingerprint density at radius 3 is 2.28 bits per heavy atom. The Morgan fingerprint density at radius 2 is 1.56 bits per heavy atom. The SMILES string of the molecule is Cc1c(CC(CN)c2cn(C)c3ccccc23)c2ccccc2n1C. The van der Waals surface area contributed by atoms with Crippen LogP contribution in [0, 0.1) is 6.92 Å². The van der Waals surface area contributed by atoms with Gasteiger partial charge in [-0.1, -0.05) is 36.4 Å². The molecule has 0 amide bonds. The summed E-state index contributed by atoms with van der Waals surface area (Å²) in [6.45, 7) is 2.86. The highest BCUT2D eigenvalue weighted by molar-refractivity contribution is 5.87. The first-order valence-electron chi connectivity index (χ1n) is 8.88. The van der Waals surface area contributed by atoms with Crippen LogP contribution in [0.5, 0.6) is 0 Å². The summed E-state index contributed by atoms with van der Waals surface area (Å²) in [6, 6.07) is 17.3. The second-order valence-electron chi connectivity index (χ2n) is 6.99. The molecule has 2 aromatic heterocycles. The molecule has 1 unspecified atom stereocenters. The number of hydrogen-bond acceptors (Lipinski definition) is 1. The summed E-state index contributed by atoms with van der Waals surface area (Å²) in [5, 5.41) is 2.67. The second-order valence-corrected chi connectivity index (χ2v) is 6.99. The molecule has 1 atom stereocenters. The van der Waals surface area contributed by atoms with Crippen molar-refractivity contribution in [3.05, 3.63) is 71.5 Å². The normalized spacial score (nSPS) is 13.0. The molecule has 0 aliphatic heterocycles. The average molecular weight is 331 g/mol. The van der Waals surface area contributed by atoms with Gasteiger partial charge < -0.3 is 14.9 Å². The largest absolute Gasteiger partial charge is 0.350 e. The van der Waals surface area contributed by atoms with Crippen molar-refractivity contribution in [2.24, 2.45) is 19.8 Å². The summed E-state index contributed by atoms with van der Waals surface area (Å²) in [4.78, 5) is 0. The van der Waals surface area contributed by atoms with Crippen molar-refractivity contribution in [1.82, 2.24) is 9.13 Å². The maximum absolute atomic E-state index is 6.24. The van der Waals surface area contributed by atoms with E-state index in [1.807, 2.05) is 0 Å². The highest BCUT2D eigenvalue weighted by Gasteiger charge is 2.20. The van der Waals surface area contributed by atoms with E-state index in [1.165, 1.54) is 38.6 Å². The molecule has 4 rings (SSSR count). The highest BCUT2D eigenvalue weighted by atomic mass is 14.9. The minimum absolute atomic E-state index is 0.315. The van der Waals surface area contributed by atoms with E-state index in [0.717, 1.165) is 6.42 Å². The van der Waals surface area contributed by atoms with E-state index in [2.05, 4.69) is 84.9 Å². The Kier molecular flexibility index (Phi) is 3.89. The number of nitrogens with zero attached hydrogens (tertiary/aromatic N) is 2. The minimum Gasteiger partial charge on any atom is -0.350 e. The predicted octanol–water partition coefficient (Wildman–Crippen LogP) is 4.26. The molecular weight excluding hydrogens is 306 g/mol. The molecule has 2 aromatic carbocycles. The van der Waals surface area contributed by atoms with Crippen molar-refractivity contribution < 1.29 is 0 Å². The van der Waals surface area contributed by atoms with Crippen molar-refractivity contribution in [2.45, 2.75) is 19.3 Å². The first-order valence-corrected chi connectivity index (χ1v) is 8.88. The quantitative estimate of drug-likeness (QED) is 0.596. The van der Waals surface area contributed by atoms with E-state index in [-0.39, 0.29) is 0 Å². The average Bonchev–Trinajstić information content (AvgIpc) is 3.10. The van der Waals surface area contributed by atoms with Gasteiger partial charge in [-0.3, -0.25) is 0 Å². The minimum atomic E-state index is 0.315. The van der Waals surface area contributed by atoms with E-state index in [0.29, 0.717) is 12.5 Å². The molecular formula is C22H25N3. The number of rotatable bonds is 4. The van der Waals surface area contributed by atoms with Crippen LogP contribution in [0.2, 0.25) is 0 Å². The van der Waals surface area contributed by atoms with Crippen molar-refractivity contribution in [2.75, 3.05) is 6.54 Å². The first-order chi connectivity index (χ1) is 12.1. The molecule has 0 aliphatic carbocycles. The zero-order chi connectivity index (χ0) is 17.6. The smallest absolute Gasteiger partial charge is 0.0482 e. The predicted molar refractivity (Wildman–Crippen MR) is 106 cm³/mol. The molecule has 3 nitrogen and oxygen atoms in total. The van der Waals surface area contributed by atoms with E-state index < -0.39 is 0 Å². The van der Waals surface area contributed by atoms with Crippen LogP contribution in [0.4, 0.5) is 0 Å². The van der Waals surface area contributed by atoms with Gasteiger partial charge in [0.15, 0.2) is 0 Å². The fourth-order valence-corrected chi connectivity index (χ4v) is 4.12. The Hall–Kier alpha value is -2.52. The van der Waals surface area contributed by atoms with Gasteiger partial charge in [0.2, 0.25) is 0 Å². The Bertz CT molecular complexity index is 1050. The van der Waals surface area contributed by atoms with Gasteiger partial charge in [0.25, 0.3) is 0 Å². The van der Waals surface area contributed by atoms with Crippen molar-refractivity contribution in [3.63, 3.8) is 0 Å². The number of aromatic nitrogens is 2. The molecule has 3 heteroatoms. The van der Waals surface area contributed by atoms with Crippen molar-refractivity contribution >= 4 is 21.8 Å². The summed E-state index contributed by atoms with van der Waals surface area (Å²) < 4.78 is 4.50. The molecule has 25 heavy (non-hydrogen) atoms. The van der Waals surface area contributed by atoms with Crippen LogP contribution in [0.25, 0.3) is 21.8 Å². The van der Waals surface area contributed by atoms with Crippen molar-refractivity contribution in [3.8, 4) is 0 Å². The van der Waals surface area contributed by atoms with Crippen LogP contribution in [-0.2, 0) is 20.5 Å². The first kappa shape index (κ1) is 16.0.